The molecule has 0 atom stereocenters. The third-order valence-electron chi connectivity index (χ3n) is 2.47. The van der Waals surface area contributed by atoms with Crippen LogP contribution in [-0.2, 0) is 10.0 Å². The molecule has 0 unspecified atom stereocenters. The van der Waals surface area contributed by atoms with Crippen LogP contribution < -0.4 is 4.31 Å². The minimum absolute atomic E-state index is 0.0331. The number of hydrogen-bond donors (Lipinski definition) is 0. The van der Waals surface area contributed by atoms with Crippen molar-refractivity contribution in [3.05, 3.63) is 41.8 Å². The summed E-state index contributed by atoms with van der Waals surface area (Å²) in [4.78, 5) is 11.4. The van der Waals surface area contributed by atoms with Crippen molar-refractivity contribution in [3.8, 4) is 0 Å². The zero-order chi connectivity index (χ0) is 13.1. The Morgan fingerprint density at radius 3 is 2.29 bits per heavy atom. The van der Waals surface area contributed by atoms with E-state index in [4.69, 9.17) is 0 Å². The number of Topliss-reactive ketones (excluding diaryl/α,β-unsaturated/α-hetero) is 1. The summed E-state index contributed by atoms with van der Waals surface area (Å²) in [7, 11) is -2.04. The number of rotatable bonds is 5. The minimum atomic E-state index is -3.48. The van der Waals surface area contributed by atoms with Crippen LogP contribution in [0.15, 0.2) is 36.3 Å². The van der Waals surface area contributed by atoms with Gasteiger partial charge < -0.3 is 0 Å². The van der Waals surface area contributed by atoms with E-state index in [-0.39, 0.29) is 5.78 Å². The lowest BCUT2D eigenvalue weighted by molar-refractivity contribution is 0.0988. The second kappa shape index (κ2) is 5.14. The highest BCUT2D eigenvalue weighted by molar-refractivity contribution is 7.95. The molecule has 0 spiro atoms. The average Bonchev–Trinajstić information content (AvgIpc) is 2.37. The van der Waals surface area contributed by atoms with Gasteiger partial charge in [-0.2, -0.15) is 0 Å². The van der Waals surface area contributed by atoms with E-state index >= 15 is 0 Å². The molecule has 0 N–H and O–H groups in total. The molecule has 92 valence electrons. The Balaban J connectivity index is 3.03. The summed E-state index contributed by atoms with van der Waals surface area (Å²) in [6, 6.07) is 6.44. The van der Waals surface area contributed by atoms with E-state index in [0.717, 1.165) is 9.71 Å². The predicted molar refractivity (Wildman–Crippen MR) is 68.6 cm³/mol. The fourth-order valence-electron chi connectivity index (χ4n) is 1.32. The smallest absolute Gasteiger partial charge is 0.256 e. The van der Waals surface area contributed by atoms with Crippen LogP contribution in [0.1, 0.15) is 23.7 Å². The van der Waals surface area contributed by atoms with E-state index in [1.165, 1.54) is 7.05 Å². The van der Waals surface area contributed by atoms with Gasteiger partial charge >= 0.3 is 0 Å². The number of carbonyl (C=O) groups is 1. The van der Waals surface area contributed by atoms with E-state index in [2.05, 4.69) is 6.58 Å². The highest BCUT2D eigenvalue weighted by Crippen LogP contribution is 2.18. The highest BCUT2D eigenvalue weighted by atomic mass is 32.2. The summed E-state index contributed by atoms with van der Waals surface area (Å²) in [6.07, 6.45) is 0.431. The van der Waals surface area contributed by atoms with E-state index in [1.807, 2.05) is 0 Å². The van der Waals surface area contributed by atoms with Gasteiger partial charge in [0.25, 0.3) is 10.0 Å². The monoisotopic (exact) mass is 253 g/mol. The second-order valence-corrected chi connectivity index (χ2v) is 5.41. The zero-order valence-electron chi connectivity index (χ0n) is 9.88. The summed E-state index contributed by atoms with van der Waals surface area (Å²) in [5, 5.41) is 0.887. The Hall–Kier alpha value is -1.62. The Labute approximate surface area is 102 Å². The SMILES string of the molecule is C=CS(=O)(=O)N(C)c1ccc(C(=O)CC)cc1. The molecule has 0 radical (unpaired) electrons. The van der Waals surface area contributed by atoms with Gasteiger partial charge in [0.2, 0.25) is 0 Å². The fourth-order valence-corrected chi connectivity index (χ4v) is 1.96. The Bertz CT molecular complexity index is 517. The van der Waals surface area contributed by atoms with Crippen LogP contribution in [0.5, 0.6) is 0 Å². The fraction of sp³-hybridized carbons (Fsp3) is 0.250. The number of carbonyl (C=O) groups excluding carboxylic acids is 1. The van der Waals surface area contributed by atoms with E-state index in [1.54, 1.807) is 31.2 Å². The van der Waals surface area contributed by atoms with Gasteiger partial charge in [-0.05, 0) is 24.3 Å². The molecule has 1 aromatic carbocycles. The molecule has 0 aromatic heterocycles. The molecule has 0 amide bonds. The molecule has 17 heavy (non-hydrogen) atoms. The standard InChI is InChI=1S/C12H15NO3S/c1-4-12(14)10-6-8-11(9-7-10)13(3)17(15,16)5-2/h5-9H,2,4H2,1,3H3. The van der Waals surface area contributed by atoms with Crippen molar-refractivity contribution < 1.29 is 13.2 Å². The van der Waals surface area contributed by atoms with Gasteiger partial charge in [0.05, 0.1) is 5.69 Å². The van der Waals surface area contributed by atoms with Crippen LogP contribution >= 0.6 is 0 Å². The Morgan fingerprint density at radius 2 is 1.88 bits per heavy atom. The quantitative estimate of drug-likeness (QED) is 0.756. The van der Waals surface area contributed by atoms with E-state index in [9.17, 15) is 13.2 Å². The third kappa shape index (κ3) is 2.94. The van der Waals surface area contributed by atoms with Crippen LogP contribution in [0.3, 0.4) is 0 Å². The molecule has 0 aliphatic rings. The third-order valence-corrected chi connectivity index (χ3v) is 3.86. The van der Waals surface area contributed by atoms with Gasteiger partial charge in [0.1, 0.15) is 0 Å². The maximum atomic E-state index is 11.5. The molecule has 0 aliphatic carbocycles. The van der Waals surface area contributed by atoms with Crippen molar-refractivity contribution in [1.29, 1.82) is 0 Å². The first-order chi connectivity index (χ1) is 7.92. The van der Waals surface area contributed by atoms with Crippen molar-refractivity contribution in [3.63, 3.8) is 0 Å². The largest absolute Gasteiger partial charge is 0.294 e. The number of anilines is 1. The summed E-state index contributed by atoms with van der Waals surface area (Å²) in [5.74, 6) is 0.0331. The minimum Gasteiger partial charge on any atom is -0.294 e. The van der Waals surface area contributed by atoms with Gasteiger partial charge in [-0.1, -0.05) is 13.5 Å². The van der Waals surface area contributed by atoms with Gasteiger partial charge in [-0.15, -0.1) is 0 Å². The zero-order valence-corrected chi connectivity index (χ0v) is 10.7. The molecule has 5 heteroatoms. The summed E-state index contributed by atoms with van der Waals surface area (Å²) < 4.78 is 24.1. The molecule has 4 nitrogen and oxygen atoms in total. The molecular weight excluding hydrogens is 238 g/mol. The van der Waals surface area contributed by atoms with E-state index < -0.39 is 10.0 Å². The Morgan fingerprint density at radius 1 is 1.35 bits per heavy atom. The van der Waals surface area contributed by atoms with E-state index in [0.29, 0.717) is 17.7 Å². The van der Waals surface area contributed by atoms with Gasteiger partial charge in [0, 0.05) is 24.4 Å². The maximum absolute atomic E-state index is 11.5. The van der Waals surface area contributed by atoms with Gasteiger partial charge in [0.15, 0.2) is 5.78 Å². The van der Waals surface area contributed by atoms with Crippen molar-refractivity contribution >= 4 is 21.5 Å². The van der Waals surface area contributed by atoms with Crippen LogP contribution in [0, 0.1) is 0 Å². The molecule has 0 saturated heterocycles. The molecule has 0 aliphatic heterocycles. The van der Waals surface area contributed by atoms with Gasteiger partial charge in [-0.25, -0.2) is 8.42 Å². The lowest BCUT2D eigenvalue weighted by Crippen LogP contribution is -2.23. The van der Waals surface area contributed by atoms with Crippen molar-refractivity contribution in [2.45, 2.75) is 13.3 Å². The topological polar surface area (TPSA) is 54.5 Å². The maximum Gasteiger partial charge on any atom is 0.256 e. The number of hydrogen-bond acceptors (Lipinski definition) is 3. The van der Waals surface area contributed by atoms with Crippen molar-refractivity contribution in [2.75, 3.05) is 11.4 Å². The molecule has 1 aromatic rings. The van der Waals surface area contributed by atoms with Crippen LogP contribution in [0.2, 0.25) is 0 Å². The lowest BCUT2D eigenvalue weighted by Gasteiger charge is -2.16. The molecular formula is C12H15NO3S. The highest BCUT2D eigenvalue weighted by Gasteiger charge is 2.14. The number of sulfonamides is 1. The summed E-state index contributed by atoms with van der Waals surface area (Å²) in [5.41, 5.74) is 1.08. The number of nitrogens with zero attached hydrogens (tertiary/aromatic N) is 1. The molecule has 0 fully saturated rings. The molecule has 1 rings (SSSR count). The molecule has 0 heterocycles. The average molecular weight is 253 g/mol. The van der Waals surface area contributed by atoms with Crippen LogP contribution in [-0.4, -0.2) is 21.2 Å². The molecule has 0 bridgehead atoms. The summed E-state index contributed by atoms with van der Waals surface area (Å²) >= 11 is 0. The molecule has 0 saturated carbocycles. The normalized spacial score (nSPS) is 10.9. The van der Waals surface area contributed by atoms with Gasteiger partial charge in [-0.3, -0.25) is 9.10 Å². The number of ketones is 1. The number of benzene rings is 1. The first-order valence-corrected chi connectivity index (χ1v) is 6.67. The predicted octanol–water partition coefficient (Wildman–Crippen LogP) is 2.19. The van der Waals surface area contributed by atoms with Crippen molar-refractivity contribution in [1.82, 2.24) is 0 Å². The Kier molecular flexibility index (Phi) is 4.07. The van der Waals surface area contributed by atoms with Crippen LogP contribution in [0.25, 0.3) is 0 Å². The first-order valence-electron chi connectivity index (χ1n) is 5.17. The van der Waals surface area contributed by atoms with Crippen LogP contribution in [0.4, 0.5) is 5.69 Å². The first kappa shape index (κ1) is 13.4. The van der Waals surface area contributed by atoms with Crippen molar-refractivity contribution in [2.24, 2.45) is 0 Å². The lowest BCUT2D eigenvalue weighted by atomic mass is 10.1. The summed E-state index contributed by atoms with van der Waals surface area (Å²) in [6.45, 7) is 5.04. The second-order valence-electron chi connectivity index (χ2n) is 3.50.